The Kier molecular flexibility index (Phi) is 4.17. The summed E-state index contributed by atoms with van der Waals surface area (Å²) in [7, 11) is 0. The number of rotatable bonds is 4. The number of nitrogens with one attached hydrogen (secondary N) is 2. The summed E-state index contributed by atoms with van der Waals surface area (Å²) in [6.07, 6.45) is 1.74. The summed E-state index contributed by atoms with van der Waals surface area (Å²) in [5, 5.41) is 0. The predicted molar refractivity (Wildman–Crippen MR) is 73.0 cm³/mol. The molecule has 0 aromatic heterocycles. The first-order valence-electron chi connectivity index (χ1n) is 6.37. The van der Waals surface area contributed by atoms with Crippen molar-refractivity contribution in [3.05, 3.63) is 24.3 Å². The SMILES string of the molecule is CCCN(C(=O)C1CCNN1)c1cccc(N)c1. The molecule has 0 bridgehead atoms. The quantitative estimate of drug-likeness (QED) is 0.692. The topological polar surface area (TPSA) is 70.4 Å². The van der Waals surface area contributed by atoms with Crippen molar-refractivity contribution in [2.75, 3.05) is 23.7 Å². The van der Waals surface area contributed by atoms with Gasteiger partial charge < -0.3 is 10.6 Å². The van der Waals surface area contributed by atoms with E-state index in [9.17, 15) is 4.79 Å². The van der Waals surface area contributed by atoms with Crippen LogP contribution in [0.15, 0.2) is 24.3 Å². The Hall–Kier alpha value is -1.59. The van der Waals surface area contributed by atoms with Crippen molar-refractivity contribution < 1.29 is 4.79 Å². The van der Waals surface area contributed by atoms with Crippen molar-refractivity contribution in [2.24, 2.45) is 0 Å². The Balaban J connectivity index is 2.19. The third-order valence-corrected chi connectivity index (χ3v) is 3.03. The highest BCUT2D eigenvalue weighted by Gasteiger charge is 2.27. The zero-order chi connectivity index (χ0) is 13.0. The zero-order valence-corrected chi connectivity index (χ0v) is 10.6. The van der Waals surface area contributed by atoms with E-state index in [0.29, 0.717) is 12.2 Å². The maximum Gasteiger partial charge on any atom is 0.245 e. The van der Waals surface area contributed by atoms with Crippen LogP contribution in [0, 0.1) is 0 Å². The second-order valence-corrected chi connectivity index (χ2v) is 4.50. The third-order valence-electron chi connectivity index (χ3n) is 3.03. The van der Waals surface area contributed by atoms with E-state index < -0.39 is 0 Å². The van der Waals surface area contributed by atoms with E-state index in [-0.39, 0.29) is 11.9 Å². The van der Waals surface area contributed by atoms with Crippen LogP contribution in [0.2, 0.25) is 0 Å². The Morgan fingerprint density at radius 2 is 2.39 bits per heavy atom. The molecule has 4 N–H and O–H groups in total. The van der Waals surface area contributed by atoms with E-state index in [1.165, 1.54) is 0 Å². The van der Waals surface area contributed by atoms with Crippen LogP contribution in [-0.4, -0.2) is 25.0 Å². The Morgan fingerprint density at radius 1 is 1.56 bits per heavy atom. The van der Waals surface area contributed by atoms with Crippen LogP contribution < -0.4 is 21.5 Å². The molecule has 5 heteroatoms. The number of amides is 1. The van der Waals surface area contributed by atoms with Crippen molar-refractivity contribution in [2.45, 2.75) is 25.8 Å². The van der Waals surface area contributed by atoms with Crippen LogP contribution >= 0.6 is 0 Å². The van der Waals surface area contributed by atoms with E-state index in [2.05, 4.69) is 17.8 Å². The number of hydrogen-bond donors (Lipinski definition) is 3. The van der Waals surface area contributed by atoms with Crippen molar-refractivity contribution in [3.63, 3.8) is 0 Å². The number of hydrazine groups is 1. The van der Waals surface area contributed by atoms with Gasteiger partial charge in [0.15, 0.2) is 0 Å². The molecule has 1 aromatic carbocycles. The minimum atomic E-state index is -0.141. The first-order chi connectivity index (χ1) is 8.72. The van der Waals surface area contributed by atoms with E-state index in [1.807, 2.05) is 24.3 Å². The molecule has 1 aliphatic heterocycles. The third kappa shape index (κ3) is 2.80. The number of nitrogens with zero attached hydrogens (tertiary/aromatic N) is 1. The molecule has 2 rings (SSSR count). The normalized spacial score (nSPS) is 18.8. The van der Waals surface area contributed by atoms with Crippen LogP contribution in [0.5, 0.6) is 0 Å². The molecule has 1 amide bonds. The van der Waals surface area contributed by atoms with E-state index in [1.54, 1.807) is 4.90 Å². The van der Waals surface area contributed by atoms with Crippen molar-refractivity contribution in [1.82, 2.24) is 10.9 Å². The predicted octanol–water partition coefficient (Wildman–Crippen LogP) is 0.878. The molecule has 98 valence electrons. The lowest BCUT2D eigenvalue weighted by Gasteiger charge is -2.25. The van der Waals surface area contributed by atoms with Gasteiger partial charge in [0.05, 0.1) is 0 Å². The van der Waals surface area contributed by atoms with Crippen LogP contribution in [0.4, 0.5) is 11.4 Å². The summed E-state index contributed by atoms with van der Waals surface area (Å²) in [4.78, 5) is 14.2. The van der Waals surface area contributed by atoms with Gasteiger partial charge in [-0.2, -0.15) is 0 Å². The number of benzene rings is 1. The van der Waals surface area contributed by atoms with E-state index in [0.717, 1.165) is 25.1 Å². The maximum atomic E-state index is 12.4. The standard InChI is InChI=1S/C13H20N4O/c1-2-8-17(11-5-3-4-10(14)9-11)13(18)12-6-7-15-16-12/h3-5,9,12,15-16H,2,6-8,14H2,1H3. The molecule has 1 atom stereocenters. The second-order valence-electron chi connectivity index (χ2n) is 4.50. The second kappa shape index (κ2) is 5.84. The van der Waals surface area contributed by atoms with Gasteiger partial charge in [-0.1, -0.05) is 13.0 Å². The van der Waals surface area contributed by atoms with Gasteiger partial charge in [0, 0.05) is 24.5 Å². The van der Waals surface area contributed by atoms with Crippen molar-refractivity contribution in [1.29, 1.82) is 0 Å². The summed E-state index contributed by atoms with van der Waals surface area (Å²) in [6, 6.07) is 7.33. The number of hydrogen-bond acceptors (Lipinski definition) is 4. The first kappa shape index (κ1) is 12.9. The summed E-state index contributed by atoms with van der Waals surface area (Å²) < 4.78 is 0. The highest BCUT2D eigenvalue weighted by Crippen LogP contribution is 2.19. The fourth-order valence-corrected chi connectivity index (χ4v) is 2.14. The van der Waals surface area contributed by atoms with Gasteiger partial charge in [-0.25, -0.2) is 5.43 Å². The van der Waals surface area contributed by atoms with Gasteiger partial charge in [-0.3, -0.25) is 10.2 Å². The van der Waals surface area contributed by atoms with Crippen LogP contribution in [0.3, 0.4) is 0 Å². The molecule has 1 aliphatic rings. The van der Waals surface area contributed by atoms with Crippen LogP contribution in [0.25, 0.3) is 0 Å². The fraction of sp³-hybridized carbons (Fsp3) is 0.462. The monoisotopic (exact) mass is 248 g/mol. The van der Waals surface area contributed by atoms with Gasteiger partial charge in [-0.15, -0.1) is 0 Å². The van der Waals surface area contributed by atoms with Crippen molar-refractivity contribution >= 4 is 17.3 Å². The number of carbonyl (C=O) groups excluding carboxylic acids is 1. The molecular weight excluding hydrogens is 228 g/mol. The highest BCUT2D eigenvalue weighted by atomic mass is 16.2. The lowest BCUT2D eigenvalue weighted by Crippen LogP contribution is -2.46. The molecule has 5 nitrogen and oxygen atoms in total. The van der Waals surface area contributed by atoms with Gasteiger partial charge in [0.25, 0.3) is 0 Å². The fourth-order valence-electron chi connectivity index (χ4n) is 2.14. The summed E-state index contributed by atoms with van der Waals surface area (Å²) in [5.41, 5.74) is 13.3. The van der Waals surface area contributed by atoms with Gasteiger partial charge in [0.1, 0.15) is 6.04 Å². The number of carbonyl (C=O) groups is 1. The molecule has 1 fully saturated rings. The minimum Gasteiger partial charge on any atom is -0.399 e. The summed E-state index contributed by atoms with van der Waals surface area (Å²) in [6.45, 7) is 3.60. The Morgan fingerprint density at radius 3 is 3.00 bits per heavy atom. The highest BCUT2D eigenvalue weighted by molar-refractivity contribution is 5.97. The Bertz CT molecular complexity index is 415. The number of nitrogen functional groups attached to an aromatic ring is 1. The smallest absolute Gasteiger partial charge is 0.245 e. The van der Waals surface area contributed by atoms with Crippen LogP contribution in [-0.2, 0) is 4.79 Å². The molecule has 1 aromatic rings. The molecule has 1 heterocycles. The lowest BCUT2D eigenvalue weighted by atomic mass is 10.1. The molecule has 0 spiro atoms. The number of anilines is 2. The van der Waals surface area contributed by atoms with Gasteiger partial charge in [-0.05, 0) is 31.0 Å². The van der Waals surface area contributed by atoms with Crippen molar-refractivity contribution in [3.8, 4) is 0 Å². The number of nitrogens with two attached hydrogens (primary N) is 1. The maximum absolute atomic E-state index is 12.4. The molecule has 0 aliphatic carbocycles. The zero-order valence-electron chi connectivity index (χ0n) is 10.6. The van der Waals surface area contributed by atoms with E-state index >= 15 is 0 Å². The van der Waals surface area contributed by atoms with Crippen LogP contribution in [0.1, 0.15) is 19.8 Å². The first-order valence-corrected chi connectivity index (χ1v) is 6.37. The minimum absolute atomic E-state index is 0.104. The van der Waals surface area contributed by atoms with Gasteiger partial charge in [0.2, 0.25) is 5.91 Å². The lowest BCUT2D eigenvalue weighted by molar-refractivity contribution is -0.120. The van der Waals surface area contributed by atoms with Gasteiger partial charge >= 0.3 is 0 Å². The molecular formula is C13H20N4O. The molecule has 1 unspecified atom stereocenters. The average molecular weight is 248 g/mol. The molecule has 0 saturated carbocycles. The molecule has 1 saturated heterocycles. The Labute approximate surface area is 107 Å². The summed E-state index contributed by atoms with van der Waals surface area (Å²) in [5.74, 6) is 0.104. The van der Waals surface area contributed by atoms with E-state index in [4.69, 9.17) is 5.73 Å². The largest absolute Gasteiger partial charge is 0.399 e. The average Bonchev–Trinajstić information content (AvgIpc) is 2.89. The molecule has 18 heavy (non-hydrogen) atoms. The summed E-state index contributed by atoms with van der Waals surface area (Å²) >= 11 is 0. The molecule has 0 radical (unpaired) electrons.